The Morgan fingerprint density at radius 2 is 1.74 bits per heavy atom. The van der Waals surface area contributed by atoms with Gasteiger partial charge in [-0.25, -0.2) is 0 Å². The standard InChI is InChI=1S/C31H27NO3/c1-19-9-12-28(21(3)13-19)32-31(33)14-20(2)25-16-26-27(18-35-30(26)17-29(25)34-4)24-11-10-22-7-5-6-8-23(22)15-24/h5-18H,1-4H3,(H,32,33)/b20-14+. The van der Waals surface area contributed by atoms with Crippen molar-refractivity contribution < 1.29 is 13.9 Å². The molecular formula is C31H27NO3. The van der Waals surface area contributed by atoms with E-state index in [4.69, 9.17) is 9.15 Å². The van der Waals surface area contributed by atoms with E-state index in [0.717, 1.165) is 50.0 Å². The van der Waals surface area contributed by atoms with Gasteiger partial charge in [0.2, 0.25) is 5.91 Å². The third-order valence-electron chi connectivity index (χ3n) is 6.37. The van der Waals surface area contributed by atoms with E-state index >= 15 is 0 Å². The van der Waals surface area contributed by atoms with E-state index in [9.17, 15) is 4.79 Å². The van der Waals surface area contributed by atoms with E-state index in [-0.39, 0.29) is 5.91 Å². The summed E-state index contributed by atoms with van der Waals surface area (Å²) in [5.41, 5.74) is 7.46. The molecule has 0 aliphatic carbocycles. The van der Waals surface area contributed by atoms with Gasteiger partial charge in [-0.1, -0.05) is 54.1 Å². The van der Waals surface area contributed by atoms with Crippen LogP contribution in [-0.2, 0) is 4.79 Å². The molecule has 1 heterocycles. The van der Waals surface area contributed by atoms with Crippen LogP contribution in [0.25, 0.3) is 38.4 Å². The molecule has 5 rings (SSSR count). The number of methoxy groups -OCH3 is 1. The maximum Gasteiger partial charge on any atom is 0.248 e. The fourth-order valence-corrected chi connectivity index (χ4v) is 4.51. The highest BCUT2D eigenvalue weighted by molar-refractivity contribution is 6.06. The lowest BCUT2D eigenvalue weighted by Gasteiger charge is -2.11. The molecule has 5 aromatic rings. The van der Waals surface area contributed by atoms with E-state index in [1.54, 1.807) is 19.4 Å². The molecular weight excluding hydrogens is 434 g/mol. The van der Waals surface area contributed by atoms with Crippen molar-refractivity contribution in [2.75, 3.05) is 12.4 Å². The Morgan fingerprint density at radius 1 is 0.943 bits per heavy atom. The summed E-state index contributed by atoms with van der Waals surface area (Å²) < 4.78 is 11.5. The smallest absolute Gasteiger partial charge is 0.248 e. The van der Waals surface area contributed by atoms with Crippen molar-refractivity contribution in [1.82, 2.24) is 0 Å². The molecule has 4 heteroatoms. The second-order valence-corrected chi connectivity index (χ2v) is 8.89. The normalized spacial score (nSPS) is 11.7. The zero-order valence-corrected chi connectivity index (χ0v) is 20.3. The third kappa shape index (κ3) is 4.43. The molecule has 0 aliphatic heterocycles. The zero-order chi connectivity index (χ0) is 24.5. The molecule has 174 valence electrons. The summed E-state index contributed by atoms with van der Waals surface area (Å²) in [4.78, 5) is 12.8. The summed E-state index contributed by atoms with van der Waals surface area (Å²) in [6.07, 6.45) is 3.39. The average molecular weight is 462 g/mol. The fraction of sp³-hybridized carbons (Fsp3) is 0.129. The van der Waals surface area contributed by atoms with Gasteiger partial charge in [-0.15, -0.1) is 0 Å². The number of furan rings is 1. The molecule has 4 nitrogen and oxygen atoms in total. The second-order valence-electron chi connectivity index (χ2n) is 8.89. The lowest BCUT2D eigenvalue weighted by atomic mass is 9.97. The summed E-state index contributed by atoms with van der Waals surface area (Å²) in [5.74, 6) is 0.475. The minimum atomic E-state index is -0.182. The number of hydrogen-bond acceptors (Lipinski definition) is 3. The van der Waals surface area contributed by atoms with Crippen LogP contribution in [0.15, 0.2) is 89.6 Å². The third-order valence-corrected chi connectivity index (χ3v) is 6.37. The van der Waals surface area contributed by atoms with Crippen LogP contribution < -0.4 is 10.1 Å². The fourth-order valence-electron chi connectivity index (χ4n) is 4.51. The highest BCUT2D eigenvalue weighted by atomic mass is 16.5. The Bertz CT molecular complexity index is 1610. The number of fused-ring (bicyclic) bond motifs is 2. The van der Waals surface area contributed by atoms with Crippen LogP contribution in [0.3, 0.4) is 0 Å². The summed E-state index contributed by atoms with van der Waals surface area (Å²) in [7, 11) is 1.63. The molecule has 0 radical (unpaired) electrons. The molecule has 0 aliphatic rings. The minimum absolute atomic E-state index is 0.182. The number of aryl methyl sites for hydroxylation is 2. The predicted molar refractivity (Wildman–Crippen MR) is 144 cm³/mol. The van der Waals surface area contributed by atoms with Gasteiger partial charge in [0.05, 0.1) is 13.4 Å². The molecule has 0 bridgehead atoms. The van der Waals surface area contributed by atoms with E-state index in [2.05, 4.69) is 41.7 Å². The lowest BCUT2D eigenvalue weighted by molar-refractivity contribution is -0.111. The van der Waals surface area contributed by atoms with Gasteiger partial charge in [0.25, 0.3) is 0 Å². The van der Waals surface area contributed by atoms with Crippen molar-refractivity contribution >= 4 is 38.9 Å². The van der Waals surface area contributed by atoms with Crippen molar-refractivity contribution in [3.63, 3.8) is 0 Å². The van der Waals surface area contributed by atoms with Crippen LogP contribution in [-0.4, -0.2) is 13.0 Å². The average Bonchev–Trinajstić information content (AvgIpc) is 3.27. The topological polar surface area (TPSA) is 51.5 Å². The quantitative estimate of drug-likeness (QED) is 0.270. The minimum Gasteiger partial charge on any atom is -0.496 e. The SMILES string of the molecule is COc1cc2occ(-c3ccc4ccccc4c3)c2cc1/C(C)=C/C(=O)Nc1ccc(C)cc1C. The monoisotopic (exact) mass is 461 g/mol. The summed E-state index contributed by atoms with van der Waals surface area (Å²) in [6, 6.07) is 24.6. The lowest BCUT2D eigenvalue weighted by Crippen LogP contribution is -2.10. The number of nitrogens with one attached hydrogen (secondary N) is 1. The molecule has 0 unspecified atom stereocenters. The van der Waals surface area contributed by atoms with E-state index in [0.29, 0.717) is 5.75 Å². The summed E-state index contributed by atoms with van der Waals surface area (Å²) in [6.45, 7) is 5.94. The van der Waals surface area contributed by atoms with Crippen LogP contribution in [0.4, 0.5) is 5.69 Å². The molecule has 0 atom stereocenters. The first kappa shape index (κ1) is 22.5. The maximum absolute atomic E-state index is 12.8. The van der Waals surface area contributed by atoms with Crippen molar-refractivity contribution in [1.29, 1.82) is 0 Å². The first-order chi connectivity index (χ1) is 16.9. The predicted octanol–water partition coefficient (Wildman–Crippen LogP) is 7.92. The van der Waals surface area contributed by atoms with E-state index in [1.807, 2.05) is 57.2 Å². The van der Waals surface area contributed by atoms with Crippen molar-refractivity contribution in [3.8, 4) is 16.9 Å². The van der Waals surface area contributed by atoms with Gasteiger partial charge < -0.3 is 14.5 Å². The second kappa shape index (κ2) is 9.15. The largest absolute Gasteiger partial charge is 0.496 e. The highest BCUT2D eigenvalue weighted by Crippen LogP contribution is 2.38. The summed E-state index contributed by atoms with van der Waals surface area (Å²) >= 11 is 0. The van der Waals surface area contributed by atoms with Crippen molar-refractivity contribution in [2.45, 2.75) is 20.8 Å². The first-order valence-corrected chi connectivity index (χ1v) is 11.6. The van der Waals surface area contributed by atoms with Gasteiger partial charge in [0, 0.05) is 34.3 Å². The number of allylic oxidation sites excluding steroid dienone is 1. The Hall–Kier alpha value is -4.31. The molecule has 1 aromatic heterocycles. The van der Waals surface area contributed by atoms with Gasteiger partial charge in [-0.05, 0) is 66.4 Å². The molecule has 0 spiro atoms. The van der Waals surface area contributed by atoms with Crippen LogP contribution in [0.1, 0.15) is 23.6 Å². The van der Waals surface area contributed by atoms with Gasteiger partial charge in [-0.3, -0.25) is 4.79 Å². The molecule has 1 N–H and O–H groups in total. The van der Waals surface area contributed by atoms with E-state index < -0.39 is 0 Å². The van der Waals surface area contributed by atoms with Crippen LogP contribution in [0.2, 0.25) is 0 Å². The number of hydrogen-bond donors (Lipinski definition) is 1. The number of rotatable bonds is 5. The Morgan fingerprint density at radius 3 is 2.51 bits per heavy atom. The molecule has 0 fully saturated rings. The van der Waals surface area contributed by atoms with Crippen molar-refractivity contribution in [3.05, 3.63) is 102 Å². The zero-order valence-electron chi connectivity index (χ0n) is 20.3. The number of benzene rings is 4. The van der Waals surface area contributed by atoms with Gasteiger partial charge in [0.1, 0.15) is 11.3 Å². The summed E-state index contributed by atoms with van der Waals surface area (Å²) in [5, 5.41) is 6.33. The molecule has 35 heavy (non-hydrogen) atoms. The number of carbonyl (C=O) groups excluding carboxylic acids is 1. The Kier molecular flexibility index (Phi) is 5.87. The van der Waals surface area contributed by atoms with Gasteiger partial charge in [0.15, 0.2) is 0 Å². The molecule has 4 aromatic carbocycles. The van der Waals surface area contributed by atoms with Gasteiger partial charge >= 0.3 is 0 Å². The first-order valence-electron chi connectivity index (χ1n) is 11.6. The maximum atomic E-state index is 12.8. The Balaban J connectivity index is 1.53. The van der Waals surface area contributed by atoms with E-state index in [1.165, 1.54) is 10.8 Å². The molecule has 0 saturated heterocycles. The van der Waals surface area contributed by atoms with Gasteiger partial charge in [-0.2, -0.15) is 0 Å². The molecule has 1 amide bonds. The number of carbonyl (C=O) groups is 1. The highest BCUT2D eigenvalue weighted by Gasteiger charge is 2.15. The Labute approximate surface area is 204 Å². The molecule has 0 saturated carbocycles. The van der Waals surface area contributed by atoms with Crippen LogP contribution in [0.5, 0.6) is 5.75 Å². The van der Waals surface area contributed by atoms with Crippen LogP contribution >= 0.6 is 0 Å². The van der Waals surface area contributed by atoms with Crippen molar-refractivity contribution in [2.24, 2.45) is 0 Å². The number of ether oxygens (including phenoxy) is 1. The number of amides is 1. The number of anilines is 1. The van der Waals surface area contributed by atoms with Crippen LogP contribution in [0, 0.1) is 13.8 Å².